The molecule has 3 aliphatic rings. The molecule has 2 atom stereocenters. The van der Waals surface area contributed by atoms with Crippen LogP contribution in [-0.2, 0) is 24.3 Å². The minimum atomic E-state index is -4.80. The molecule has 0 aliphatic carbocycles. The minimum absolute atomic E-state index is 0.154. The molecule has 11 nitrogen and oxygen atoms in total. The second-order valence-corrected chi connectivity index (χ2v) is 7.81. The maximum atomic E-state index is 12.3. The van der Waals surface area contributed by atoms with E-state index in [0.29, 0.717) is 30.4 Å². The van der Waals surface area contributed by atoms with Crippen LogP contribution in [0.15, 0.2) is 0 Å². The second kappa shape index (κ2) is 8.05. The molecule has 3 heterocycles. The lowest BCUT2D eigenvalue weighted by atomic mass is 9.95. The van der Waals surface area contributed by atoms with Gasteiger partial charge >= 0.3 is 16.4 Å². The molecule has 0 aromatic heterocycles. The smallest absolute Gasteiger partial charge is 0.317 e. The van der Waals surface area contributed by atoms with Crippen molar-refractivity contribution in [3.63, 3.8) is 0 Å². The van der Waals surface area contributed by atoms with Gasteiger partial charge in [-0.15, -0.1) is 4.28 Å². The Balaban J connectivity index is 1.46. The number of hydrogen-bond donors (Lipinski definition) is 3. The topological polar surface area (TPSA) is 138 Å². The molecule has 0 radical (unpaired) electrons. The molecule has 3 amide bonds. The molecule has 3 aliphatic heterocycles. The van der Waals surface area contributed by atoms with Crippen LogP contribution in [0, 0.1) is 5.92 Å². The lowest BCUT2D eigenvalue weighted by molar-refractivity contribution is -0.139. The third-order valence-electron chi connectivity index (χ3n) is 5.06. The monoisotopic (exact) mass is 392 g/mol. The number of fused-ring (bicyclic) bond motifs is 2. The van der Waals surface area contributed by atoms with Crippen molar-refractivity contribution in [1.29, 1.82) is 0 Å². The second-order valence-electron chi connectivity index (χ2n) is 6.81. The normalized spacial score (nSPS) is 27.0. The lowest BCUT2D eigenvalue weighted by Gasteiger charge is -2.29. The van der Waals surface area contributed by atoms with Crippen LogP contribution < -0.4 is 10.8 Å². The molecule has 3 N–H and O–H groups in total. The fraction of sp³-hybridized carbons (Fsp3) is 0.857. The van der Waals surface area contributed by atoms with Gasteiger partial charge in [0.25, 0.3) is 5.91 Å². The van der Waals surface area contributed by atoms with Gasteiger partial charge in [-0.3, -0.25) is 14.2 Å². The summed E-state index contributed by atoms with van der Waals surface area (Å²) in [6.45, 7) is 2.55. The van der Waals surface area contributed by atoms with Gasteiger partial charge in [0.15, 0.2) is 0 Å². The molecule has 1 unspecified atom stereocenters. The Hall–Kier alpha value is -1.47. The van der Waals surface area contributed by atoms with Gasteiger partial charge in [-0.1, -0.05) is 0 Å². The van der Waals surface area contributed by atoms with Crippen molar-refractivity contribution in [2.24, 2.45) is 5.92 Å². The van der Waals surface area contributed by atoms with Gasteiger partial charge in [0.1, 0.15) is 6.04 Å². The van der Waals surface area contributed by atoms with Crippen LogP contribution in [0.2, 0.25) is 0 Å². The van der Waals surface area contributed by atoms with Gasteiger partial charge in [-0.25, -0.2) is 10.3 Å². The van der Waals surface area contributed by atoms with Crippen LogP contribution >= 0.6 is 0 Å². The first-order chi connectivity index (χ1) is 12.3. The highest BCUT2D eigenvalue weighted by atomic mass is 32.3. The number of nitrogens with one attached hydrogen (secondary N) is 2. The van der Waals surface area contributed by atoms with E-state index in [4.69, 9.17) is 9.39 Å². The summed E-state index contributed by atoms with van der Waals surface area (Å²) in [4.78, 5) is 31.0. The van der Waals surface area contributed by atoms with E-state index in [1.54, 1.807) is 0 Å². The largest absolute Gasteiger partial charge is 0.418 e. The van der Waals surface area contributed by atoms with Crippen LogP contribution in [0.25, 0.3) is 0 Å². The first-order valence-electron chi connectivity index (χ1n) is 8.74. The van der Waals surface area contributed by atoms with E-state index < -0.39 is 34.4 Å². The van der Waals surface area contributed by atoms with Crippen molar-refractivity contribution in [3.8, 4) is 0 Å². The zero-order valence-electron chi connectivity index (χ0n) is 14.3. The Bertz CT molecular complexity index is 637. The molecular formula is C14H24N4O7S. The van der Waals surface area contributed by atoms with Crippen molar-refractivity contribution >= 4 is 22.3 Å². The summed E-state index contributed by atoms with van der Waals surface area (Å²) in [6, 6.07) is -2.04. The van der Waals surface area contributed by atoms with E-state index in [2.05, 4.69) is 15.1 Å². The molecule has 0 aromatic rings. The molecule has 3 saturated heterocycles. The standard InChI is InChI=1S/C14H24N4O7S/c19-13(16-24-8-5-10-3-6-15-7-4-10)12-2-1-11-9-17(12)14(20)18(11)25-26(21,22)23/h10-12,15H,1-9H2,(H,16,19)(H,21,22,23)/t11?,12-/m0/s1. The summed E-state index contributed by atoms with van der Waals surface area (Å²) in [5, 5.41) is 3.90. The fourth-order valence-corrected chi connectivity index (χ4v) is 4.08. The average molecular weight is 392 g/mol. The molecule has 2 bridgehead atoms. The van der Waals surface area contributed by atoms with Crippen molar-refractivity contribution in [3.05, 3.63) is 0 Å². The number of hydrogen-bond acceptors (Lipinski definition) is 7. The zero-order chi connectivity index (χ0) is 18.7. The van der Waals surface area contributed by atoms with Crippen LogP contribution in [0.3, 0.4) is 0 Å². The quantitative estimate of drug-likeness (QED) is 0.297. The van der Waals surface area contributed by atoms with Gasteiger partial charge in [0.2, 0.25) is 0 Å². The van der Waals surface area contributed by atoms with Crippen molar-refractivity contribution in [2.45, 2.75) is 44.2 Å². The Morgan fingerprint density at radius 2 is 2.00 bits per heavy atom. The van der Waals surface area contributed by atoms with E-state index in [0.717, 1.165) is 32.4 Å². The number of rotatable bonds is 7. The van der Waals surface area contributed by atoms with Crippen LogP contribution in [0.5, 0.6) is 0 Å². The summed E-state index contributed by atoms with van der Waals surface area (Å²) in [7, 11) is -4.80. The van der Waals surface area contributed by atoms with E-state index in [1.165, 1.54) is 4.90 Å². The maximum Gasteiger partial charge on any atom is 0.418 e. The summed E-state index contributed by atoms with van der Waals surface area (Å²) >= 11 is 0. The van der Waals surface area contributed by atoms with Gasteiger partial charge in [-0.2, -0.15) is 13.5 Å². The fourth-order valence-electron chi connectivity index (χ4n) is 3.69. The molecule has 0 aromatic carbocycles. The first kappa shape index (κ1) is 19.3. The molecule has 12 heteroatoms. The Morgan fingerprint density at radius 3 is 2.69 bits per heavy atom. The van der Waals surface area contributed by atoms with Gasteiger partial charge in [0.05, 0.1) is 12.6 Å². The van der Waals surface area contributed by atoms with Gasteiger partial charge in [0, 0.05) is 6.54 Å². The van der Waals surface area contributed by atoms with Gasteiger partial charge < -0.3 is 10.2 Å². The van der Waals surface area contributed by atoms with E-state index in [1.807, 2.05) is 0 Å². The number of piperidine rings is 2. The number of carbonyl (C=O) groups excluding carboxylic acids is 2. The van der Waals surface area contributed by atoms with E-state index >= 15 is 0 Å². The summed E-state index contributed by atoms with van der Waals surface area (Å²) in [5.41, 5.74) is 2.38. The first-order valence-corrected chi connectivity index (χ1v) is 10.1. The maximum absolute atomic E-state index is 12.3. The predicted octanol–water partition coefficient (Wildman–Crippen LogP) is -0.573. The van der Waals surface area contributed by atoms with Crippen molar-refractivity contribution in [1.82, 2.24) is 20.8 Å². The van der Waals surface area contributed by atoms with Crippen molar-refractivity contribution in [2.75, 3.05) is 26.2 Å². The molecule has 26 heavy (non-hydrogen) atoms. The Morgan fingerprint density at radius 1 is 1.27 bits per heavy atom. The van der Waals surface area contributed by atoms with Crippen LogP contribution in [0.4, 0.5) is 4.79 Å². The van der Waals surface area contributed by atoms with E-state index in [9.17, 15) is 18.0 Å². The average Bonchev–Trinajstić information content (AvgIpc) is 2.83. The number of nitrogens with zero attached hydrogens (tertiary/aromatic N) is 2. The lowest BCUT2D eigenvalue weighted by Crippen LogP contribution is -2.49. The summed E-state index contributed by atoms with van der Waals surface area (Å²) in [5.74, 6) is 0.130. The SMILES string of the molecule is O=C(NOCCC1CCNCC1)[C@@H]1CCC2CN1C(=O)N2OS(=O)(=O)O. The highest BCUT2D eigenvalue weighted by Crippen LogP contribution is 2.30. The van der Waals surface area contributed by atoms with Crippen molar-refractivity contribution < 1.29 is 31.7 Å². The Labute approximate surface area is 151 Å². The number of hydroxylamine groups is 3. The number of urea groups is 1. The zero-order valence-corrected chi connectivity index (χ0v) is 15.1. The molecule has 0 saturated carbocycles. The third kappa shape index (κ3) is 4.62. The molecule has 148 valence electrons. The third-order valence-corrected chi connectivity index (χ3v) is 5.41. The molecule has 3 fully saturated rings. The number of amides is 3. The molecule has 0 spiro atoms. The number of carbonyl (C=O) groups is 2. The minimum Gasteiger partial charge on any atom is -0.317 e. The highest BCUT2D eigenvalue weighted by Gasteiger charge is 2.49. The highest BCUT2D eigenvalue weighted by molar-refractivity contribution is 7.80. The van der Waals surface area contributed by atoms with Crippen LogP contribution in [0.1, 0.15) is 32.1 Å². The Kier molecular flexibility index (Phi) is 5.97. The molecule has 3 rings (SSSR count). The van der Waals surface area contributed by atoms with Crippen LogP contribution in [-0.4, -0.2) is 73.2 Å². The predicted molar refractivity (Wildman–Crippen MR) is 87.7 cm³/mol. The van der Waals surface area contributed by atoms with Gasteiger partial charge in [-0.05, 0) is 51.1 Å². The van der Waals surface area contributed by atoms with E-state index in [-0.39, 0.29) is 6.54 Å². The summed E-state index contributed by atoms with van der Waals surface area (Å²) in [6.07, 6.45) is 3.77. The molecular weight excluding hydrogens is 368 g/mol. The summed E-state index contributed by atoms with van der Waals surface area (Å²) < 4.78 is 34.8.